The molecule has 2 aromatic rings. The topological polar surface area (TPSA) is 78.5 Å². The Balaban J connectivity index is 1.55. The Morgan fingerprint density at radius 1 is 0.633 bits per heavy atom. The molecule has 4 rings (SSSR count). The van der Waals surface area contributed by atoms with Crippen molar-refractivity contribution in [2.24, 2.45) is 20.5 Å². The minimum absolute atomic E-state index is 0.128. The van der Waals surface area contributed by atoms with Crippen LogP contribution in [0.3, 0.4) is 0 Å². The molecule has 1 amide bonds. The van der Waals surface area contributed by atoms with Gasteiger partial charge in [-0.3, -0.25) is 4.79 Å². The number of rotatable bonds is 5. The van der Waals surface area contributed by atoms with Crippen LogP contribution in [0, 0.1) is 0 Å². The van der Waals surface area contributed by atoms with Gasteiger partial charge in [-0.1, -0.05) is 48.5 Å². The van der Waals surface area contributed by atoms with Crippen molar-refractivity contribution in [1.29, 1.82) is 0 Å². The zero-order valence-corrected chi connectivity index (χ0v) is 16.4. The number of anilines is 1. The summed E-state index contributed by atoms with van der Waals surface area (Å²) in [5, 5.41) is 20.0. The third-order valence-corrected chi connectivity index (χ3v) is 4.36. The molecule has 1 N–H and O–H groups in total. The summed E-state index contributed by atoms with van der Waals surface area (Å²) in [6, 6.07) is 28.5. The van der Waals surface area contributed by atoms with E-state index in [1.165, 1.54) is 6.92 Å². The molecule has 0 aromatic heterocycles. The highest BCUT2D eigenvalue weighted by Gasteiger charge is 2.15. The van der Waals surface area contributed by atoms with Gasteiger partial charge in [0.1, 0.15) is 0 Å². The predicted octanol–water partition coefficient (Wildman–Crippen LogP) is 7.58. The van der Waals surface area contributed by atoms with Crippen LogP contribution in [0.15, 0.2) is 111 Å². The number of fused-ring (bicyclic) bond motifs is 1. The van der Waals surface area contributed by atoms with Gasteiger partial charge in [0.2, 0.25) is 5.91 Å². The lowest BCUT2D eigenvalue weighted by molar-refractivity contribution is -0.114. The Morgan fingerprint density at radius 3 is 1.73 bits per heavy atom. The van der Waals surface area contributed by atoms with Crippen molar-refractivity contribution in [2.75, 3.05) is 5.32 Å². The molecule has 0 spiro atoms. The van der Waals surface area contributed by atoms with E-state index in [1.807, 2.05) is 91.0 Å². The number of azo groups is 2. The number of nitrogens with one attached hydrogen (secondary N) is 1. The van der Waals surface area contributed by atoms with Crippen LogP contribution in [0.1, 0.15) is 6.92 Å². The van der Waals surface area contributed by atoms with Crippen LogP contribution in [0.2, 0.25) is 0 Å². The van der Waals surface area contributed by atoms with Crippen LogP contribution in [0.5, 0.6) is 0 Å². The third kappa shape index (κ3) is 4.62. The van der Waals surface area contributed by atoms with Crippen molar-refractivity contribution in [2.45, 2.75) is 6.92 Å². The second-order valence-electron chi connectivity index (χ2n) is 6.61. The summed E-state index contributed by atoms with van der Waals surface area (Å²) in [5.41, 5.74) is 5.48. The number of benzene rings is 2. The van der Waals surface area contributed by atoms with E-state index in [1.54, 1.807) is 0 Å². The Bertz CT molecular complexity index is 1180. The summed E-state index contributed by atoms with van der Waals surface area (Å²) >= 11 is 0. The largest absolute Gasteiger partial charge is 0.326 e. The standard InChI is InChI=1S/C24H19N5O/c1-17(30)25-23-16-24(22-11-7-3-6-10-21(22)23)29-28-20-14-12-19(13-15-20)27-26-18-8-4-2-5-9-18/h2-16H,1H3,(H,25,30). The van der Waals surface area contributed by atoms with E-state index in [0.29, 0.717) is 11.4 Å². The van der Waals surface area contributed by atoms with Gasteiger partial charge in [-0.2, -0.15) is 15.3 Å². The highest BCUT2D eigenvalue weighted by atomic mass is 16.1. The van der Waals surface area contributed by atoms with Gasteiger partial charge in [-0.25, -0.2) is 0 Å². The number of nitrogens with zero attached hydrogens (tertiary/aromatic N) is 4. The van der Waals surface area contributed by atoms with Crippen molar-refractivity contribution in [3.05, 3.63) is 91.0 Å². The van der Waals surface area contributed by atoms with Gasteiger partial charge in [0.25, 0.3) is 0 Å². The first-order chi connectivity index (χ1) is 14.7. The minimum Gasteiger partial charge on any atom is -0.326 e. The molecule has 6 heteroatoms. The Morgan fingerprint density at radius 2 is 1.13 bits per heavy atom. The van der Waals surface area contributed by atoms with Crippen molar-refractivity contribution in [1.82, 2.24) is 0 Å². The average molecular weight is 393 g/mol. The zero-order valence-electron chi connectivity index (χ0n) is 16.4. The van der Waals surface area contributed by atoms with E-state index < -0.39 is 0 Å². The van der Waals surface area contributed by atoms with Crippen LogP contribution in [-0.4, -0.2) is 5.91 Å². The molecule has 0 atom stereocenters. The lowest BCUT2D eigenvalue weighted by Crippen LogP contribution is -2.05. The first kappa shape index (κ1) is 19.1. The first-order valence-corrected chi connectivity index (χ1v) is 9.47. The fraction of sp³-hybridized carbons (Fsp3) is 0.0417. The summed E-state index contributed by atoms with van der Waals surface area (Å²) in [6.45, 7) is 1.49. The van der Waals surface area contributed by atoms with E-state index in [9.17, 15) is 4.79 Å². The molecule has 0 bridgehead atoms. The second kappa shape index (κ2) is 8.87. The quantitative estimate of drug-likeness (QED) is 0.348. The van der Waals surface area contributed by atoms with Crippen LogP contribution in [-0.2, 0) is 4.79 Å². The maximum absolute atomic E-state index is 11.5. The highest BCUT2D eigenvalue weighted by Crippen LogP contribution is 2.41. The minimum atomic E-state index is -0.128. The molecular weight excluding hydrogens is 374 g/mol. The molecule has 2 aromatic carbocycles. The third-order valence-electron chi connectivity index (χ3n) is 4.36. The summed E-state index contributed by atoms with van der Waals surface area (Å²) in [6.07, 6.45) is 0. The summed E-state index contributed by atoms with van der Waals surface area (Å²) < 4.78 is 0. The van der Waals surface area contributed by atoms with Gasteiger partial charge in [0.15, 0.2) is 0 Å². The van der Waals surface area contributed by atoms with Gasteiger partial charge in [-0.15, -0.1) is 5.11 Å². The van der Waals surface area contributed by atoms with E-state index in [-0.39, 0.29) is 5.91 Å². The Hall–Kier alpha value is -4.19. The summed E-state index contributed by atoms with van der Waals surface area (Å²) in [4.78, 5) is 11.5. The van der Waals surface area contributed by atoms with Crippen LogP contribution < -0.4 is 5.32 Å². The van der Waals surface area contributed by atoms with E-state index in [2.05, 4.69) is 25.8 Å². The average Bonchev–Trinajstić information content (AvgIpc) is 2.92. The van der Waals surface area contributed by atoms with Gasteiger partial charge < -0.3 is 5.32 Å². The van der Waals surface area contributed by atoms with Gasteiger partial charge >= 0.3 is 0 Å². The molecule has 0 radical (unpaired) electrons. The van der Waals surface area contributed by atoms with Gasteiger partial charge in [0, 0.05) is 18.1 Å². The lowest BCUT2D eigenvalue weighted by Gasteiger charge is -2.00. The molecule has 0 unspecified atom stereocenters. The van der Waals surface area contributed by atoms with E-state index in [4.69, 9.17) is 0 Å². The maximum Gasteiger partial charge on any atom is 0.221 e. The molecule has 0 saturated carbocycles. The van der Waals surface area contributed by atoms with Crippen LogP contribution >= 0.6 is 0 Å². The molecular formula is C24H19N5O. The monoisotopic (exact) mass is 393 g/mol. The van der Waals surface area contributed by atoms with Gasteiger partial charge in [0.05, 0.1) is 28.4 Å². The number of hydrogen-bond donors (Lipinski definition) is 1. The van der Waals surface area contributed by atoms with Crippen molar-refractivity contribution < 1.29 is 4.79 Å². The Kier molecular flexibility index (Phi) is 5.66. The Labute approximate surface area is 174 Å². The van der Waals surface area contributed by atoms with Crippen molar-refractivity contribution in [3.63, 3.8) is 0 Å². The highest BCUT2D eigenvalue weighted by molar-refractivity contribution is 5.99. The molecule has 146 valence electrons. The number of carbonyl (C=O) groups is 1. The van der Waals surface area contributed by atoms with Crippen LogP contribution in [0.4, 0.5) is 28.4 Å². The fourth-order valence-corrected chi connectivity index (χ4v) is 2.98. The fourth-order valence-electron chi connectivity index (χ4n) is 2.98. The molecule has 0 aliphatic heterocycles. The van der Waals surface area contributed by atoms with Crippen molar-refractivity contribution in [3.8, 4) is 11.1 Å². The smallest absolute Gasteiger partial charge is 0.221 e. The lowest BCUT2D eigenvalue weighted by atomic mass is 10.1. The second-order valence-corrected chi connectivity index (χ2v) is 6.61. The number of hydrogen-bond acceptors (Lipinski definition) is 5. The summed E-state index contributed by atoms with van der Waals surface area (Å²) in [5.74, 6) is -0.128. The molecule has 6 nitrogen and oxygen atoms in total. The normalized spacial score (nSPS) is 11.4. The molecule has 0 heterocycles. The SMILES string of the molecule is CC(=O)Nc1cc(N=Nc2ccc(N=Nc3ccccc3)cc2)c2cccccc1-2. The molecule has 2 aliphatic carbocycles. The zero-order chi connectivity index (χ0) is 20.8. The van der Waals surface area contributed by atoms with E-state index in [0.717, 1.165) is 28.2 Å². The first-order valence-electron chi connectivity index (χ1n) is 9.47. The van der Waals surface area contributed by atoms with Crippen LogP contribution in [0.25, 0.3) is 11.1 Å². The predicted molar refractivity (Wildman–Crippen MR) is 119 cm³/mol. The molecule has 0 saturated heterocycles. The number of amides is 1. The van der Waals surface area contributed by atoms with Crippen molar-refractivity contribution >= 4 is 34.3 Å². The molecule has 0 fully saturated rings. The molecule has 2 aliphatic rings. The summed E-state index contributed by atoms with van der Waals surface area (Å²) in [7, 11) is 0. The number of carbonyl (C=O) groups excluding carboxylic acids is 1. The van der Waals surface area contributed by atoms with E-state index >= 15 is 0 Å². The molecule has 30 heavy (non-hydrogen) atoms. The van der Waals surface area contributed by atoms with Gasteiger partial charge in [-0.05, 0) is 42.5 Å². The maximum atomic E-state index is 11.5.